The molecule has 2 rings (SSSR count). The standard InChI is InChI=1S/C22H27Cl2NO3/c1-12(2)9-16(10-26)11-28-22(27)20-15(5)25-14(4)13(3)19(20)17-7-6-8-18(23)21(17)24/h6-8,13,16,19,26H,1,9-11H2,2-5H3. The van der Waals surface area contributed by atoms with Crippen molar-refractivity contribution in [3.05, 3.63) is 57.2 Å². The first-order valence-electron chi connectivity index (χ1n) is 9.29. The summed E-state index contributed by atoms with van der Waals surface area (Å²) in [4.78, 5) is 17.6. The SMILES string of the molecule is C=C(C)CC(CO)COC(=O)C1=C(C)N=C(C)C(C)C1c1cccc(Cl)c1Cl. The Labute approximate surface area is 176 Å². The van der Waals surface area contributed by atoms with Crippen molar-refractivity contribution in [1.29, 1.82) is 0 Å². The number of carbonyl (C=O) groups excluding carboxylic acids is 1. The van der Waals surface area contributed by atoms with Crippen LogP contribution in [0.5, 0.6) is 0 Å². The fourth-order valence-corrected chi connectivity index (χ4v) is 3.97. The number of aliphatic hydroxyl groups is 1. The fourth-order valence-electron chi connectivity index (χ4n) is 3.54. The lowest BCUT2D eigenvalue weighted by molar-refractivity contribution is -0.141. The van der Waals surface area contributed by atoms with Gasteiger partial charge in [-0.05, 0) is 38.8 Å². The molecule has 1 heterocycles. The van der Waals surface area contributed by atoms with Crippen molar-refractivity contribution in [3.63, 3.8) is 0 Å². The molecule has 1 aliphatic rings. The largest absolute Gasteiger partial charge is 0.462 e. The zero-order chi connectivity index (χ0) is 21.0. The van der Waals surface area contributed by atoms with Gasteiger partial charge < -0.3 is 9.84 Å². The molecule has 0 aromatic heterocycles. The highest BCUT2D eigenvalue weighted by molar-refractivity contribution is 6.42. The van der Waals surface area contributed by atoms with Crippen LogP contribution in [0.15, 0.2) is 46.6 Å². The maximum atomic E-state index is 13.0. The van der Waals surface area contributed by atoms with E-state index in [9.17, 15) is 9.90 Å². The van der Waals surface area contributed by atoms with E-state index in [1.807, 2.05) is 32.9 Å². The number of halogens is 2. The van der Waals surface area contributed by atoms with Crippen molar-refractivity contribution >= 4 is 34.9 Å². The molecule has 0 amide bonds. The van der Waals surface area contributed by atoms with Gasteiger partial charge in [-0.1, -0.05) is 47.8 Å². The van der Waals surface area contributed by atoms with Crippen molar-refractivity contribution in [2.75, 3.05) is 13.2 Å². The minimum Gasteiger partial charge on any atom is -0.462 e. The van der Waals surface area contributed by atoms with E-state index < -0.39 is 5.97 Å². The summed E-state index contributed by atoms with van der Waals surface area (Å²) in [7, 11) is 0. The normalized spacial score (nSPS) is 20.6. The van der Waals surface area contributed by atoms with Crippen LogP contribution in [-0.2, 0) is 9.53 Å². The van der Waals surface area contributed by atoms with E-state index in [4.69, 9.17) is 27.9 Å². The third-order valence-electron chi connectivity index (χ3n) is 5.09. The second-order valence-electron chi connectivity index (χ2n) is 7.47. The van der Waals surface area contributed by atoms with E-state index in [1.165, 1.54) is 0 Å². The summed E-state index contributed by atoms with van der Waals surface area (Å²) in [5, 5.41) is 10.4. The predicted molar refractivity (Wildman–Crippen MR) is 115 cm³/mol. The van der Waals surface area contributed by atoms with Gasteiger partial charge in [-0.3, -0.25) is 4.99 Å². The maximum Gasteiger partial charge on any atom is 0.336 e. The summed E-state index contributed by atoms with van der Waals surface area (Å²) in [5.74, 6) is -0.959. The smallest absolute Gasteiger partial charge is 0.336 e. The Hall–Kier alpha value is -1.62. The number of allylic oxidation sites excluding steroid dienone is 2. The van der Waals surface area contributed by atoms with Crippen LogP contribution in [0.4, 0.5) is 0 Å². The molecule has 0 fully saturated rings. The molecule has 1 aromatic rings. The average molecular weight is 424 g/mol. The molecule has 6 heteroatoms. The summed E-state index contributed by atoms with van der Waals surface area (Å²) in [6.45, 7) is 11.5. The highest BCUT2D eigenvalue weighted by Crippen LogP contribution is 2.43. The first-order chi connectivity index (χ1) is 13.2. The Morgan fingerprint density at radius 3 is 2.64 bits per heavy atom. The molecule has 1 N–H and O–H groups in total. The third kappa shape index (κ3) is 5.05. The van der Waals surface area contributed by atoms with E-state index in [-0.39, 0.29) is 31.0 Å². The third-order valence-corrected chi connectivity index (χ3v) is 5.92. The van der Waals surface area contributed by atoms with Crippen LogP contribution in [0.2, 0.25) is 10.0 Å². The first-order valence-corrected chi connectivity index (χ1v) is 10.0. The van der Waals surface area contributed by atoms with E-state index in [0.717, 1.165) is 16.8 Å². The number of carbonyl (C=O) groups is 1. The minimum absolute atomic E-state index is 0.0359. The number of hydrogen-bond donors (Lipinski definition) is 1. The van der Waals surface area contributed by atoms with Crippen LogP contribution < -0.4 is 0 Å². The number of aliphatic imine (C=N–C) groups is 1. The molecule has 3 unspecified atom stereocenters. The zero-order valence-corrected chi connectivity index (χ0v) is 18.3. The number of esters is 1. The molecule has 3 atom stereocenters. The Kier molecular flexibility index (Phi) is 7.87. The number of nitrogens with zero attached hydrogens (tertiary/aromatic N) is 1. The molecular formula is C22H27Cl2NO3. The number of rotatable bonds is 7. The fraction of sp³-hybridized carbons (Fsp3) is 0.455. The highest BCUT2D eigenvalue weighted by Gasteiger charge is 2.36. The van der Waals surface area contributed by atoms with Gasteiger partial charge in [0.15, 0.2) is 0 Å². The lowest BCUT2D eigenvalue weighted by atomic mass is 9.76. The topological polar surface area (TPSA) is 58.9 Å². The molecule has 0 spiro atoms. The van der Waals surface area contributed by atoms with Crippen molar-refractivity contribution in [2.24, 2.45) is 16.8 Å². The van der Waals surface area contributed by atoms with Gasteiger partial charge in [0.1, 0.15) is 0 Å². The highest BCUT2D eigenvalue weighted by atomic mass is 35.5. The van der Waals surface area contributed by atoms with Gasteiger partial charge >= 0.3 is 5.97 Å². The van der Waals surface area contributed by atoms with E-state index >= 15 is 0 Å². The molecule has 0 radical (unpaired) electrons. The number of hydrogen-bond acceptors (Lipinski definition) is 4. The monoisotopic (exact) mass is 423 g/mol. The molecule has 0 saturated heterocycles. The molecule has 0 bridgehead atoms. The molecule has 152 valence electrons. The van der Waals surface area contributed by atoms with E-state index in [2.05, 4.69) is 11.6 Å². The lowest BCUT2D eigenvalue weighted by Gasteiger charge is -2.31. The molecule has 1 aliphatic heterocycles. The van der Waals surface area contributed by atoms with Crippen molar-refractivity contribution < 1.29 is 14.6 Å². The molecular weight excluding hydrogens is 397 g/mol. The van der Waals surface area contributed by atoms with Crippen molar-refractivity contribution in [3.8, 4) is 0 Å². The van der Waals surface area contributed by atoms with Crippen LogP contribution in [0.25, 0.3) is 0 Å². The van der Waals surface area contributed by atoms with E-state index in [1.54, 1.807) is 13.0 Å². The van der Waals surface area contributed by atoms with Crippen LogP contribution in [0.3, 0.4) is 0 Å². The molecule has 0 saturated carbocycles. The van der Waals surface area contributed by atoms with Crippen LogP contribution >= 0.6 is 23.2 Å². The molecule has 4 nitrogen and oxygen atoms in total. The van der Waals surface area contributed by atoms with Gasteiger partial charge in [0, 0.05) is 35.8 Å². The summed E-state index contributed by atoms with van der Waals surface area (Å²) < 4.78 is 5.57. The summed E-state index contributed by atoms with van der Waals surface area (Å²) in [6.07, 6.45) is 0.596. The average Bonchev–Trinajstić information content (AvgIpc) is 2.63. The van der Waals surface area contributed by atoms with Gasteiger partial charge in [0.05, 0.1) is 22.2 Å². The predicted octanol–water partition coefficient (Wildman–Crippen LogP) is 5.58. The number of benzene rings is 1. The Morgan fingerprint density at radius 2 is 2.04 bits per heavy atom. The molecule has 1 aromatic carbocycles. The number of aliphatic hydroxyl groups excluding tert-OH is 1. The van der Waals surface area contributed by atoms with E-state index in [0.29, 0.717) is 27.7 Å². The number of ether oxygens (including phenoxy) is 1. The first kappa shape index (κ1) is 22.7. The van der Waals surface area contributed by atoms with Crippen LogP contribution in [0.1, 0.15) is 45.6 Å². The lowest BCUT2D eigenvalue weighted by Crippen LogP contribution is -2.29. The molecule has 0 aliphatic carbocycles. The van der Waals surface area contributed by atoms with Gasteiger partial charge in [-0.2, -0.15) is 0 Å². The Morgan fingerprint density at radius 1 is 1.36 bits per heavy atom. The summed E-state index contributed by atoms with van der Waals surface area (Å²) in [5.41, 5.74) is 3.73. The van der Waals surface area contributed by atoms with Crippen LogP contribution in [-0.4, -0.2) is 30.0 Å². The van der Waals surface area contributed by atoms with Crippen molar-refractivity contribution in [2.45, 2.75) is 40.0 Å². The second-order valence-corrected chi connectivity index (χ2v) is 8.26. The second kappa shape index (κ2) is 9.73. The summed E-state index contributed by atoms with van der Waals surface area (Å²) >= 11 is 12.7. The molecule has 28 heavy (non-hydrogen) atoms. The van der Waals surface area contributed by atoms with Gasteiger partial charge in [-0.15, -0.1) is 6.58 Å². The van der Waals surface area contributed by atoms with Gasteiger partial charge in [0.2, 0.25) is 0 Å². The zero-order valence-electron chi connectivity index (χ0n) is 16.8. The van der Waals surface area contributed by atoms with Crippen LogP contribution in [0, 0.1) is 11.8 Å². The quantitative estimate of drug-likeness (QED) is 0.459. The maximum absolute atomic E-state index is 13.0. The minimum atomic E-state index is -0.443. The van der Waals surface area contributed by atoms with Gasteiger partial charge in [0.25, 0.3) is 0 Å². The summed E-state index contributed by atoms with van der Waals surface area (Å²) in [6, 6.07) is 5.43. The van der Waals surface area contributed by atoms with Crippen molar-refractivity contribution in [1.82, 2.24) is 0 Å². The Balaban J connectivity index is 2.37. The van der Waals surface area contributed by atoms with Gasteiger partial charge in [-0.25, -0.2) is 4.79 Å². The Bertz CT molecular complexity index is 829.